The summed E-state index contributed by atoms with van der Waals surface area (Å²) < 4.78 is 9.12. The van der Waals surface area contributed by atoms with Crippen LogP contribution in [-0.4, -0.2) is 10.5 Å². The van der Waals surface area contributed by atoms with Crippen molar-refractivity contribution in [3.63, 3.8) is 0 Å². The molecular weight excluding hydrogens is 582 g/mol. The highest BCUT2D eigenvalue weighted by molar-refractivity contribution is 9.10. The average molecular weight is 603 g/mol. The largest absolute Gasteiger partial charge is 0.457 e. The number of hydrogen-bond donors (Lipinski definition) is 1. The Bertz CT molecular complexity index is 1850. The van der Waals surface area contributed by atoms with Crippen LogP contribution in [-0.2, 0) is 4.79 Å². The fourth-order valence-corrected chi connectivity index (χ4v) is 6.49. The van der Waals surface area contributed by atoms with Crippen LogP contribution in [0.3, 0.4) is 0 Å². The molecule has 2 aromatic carbocycles. The van der Waals surface area contributed by atoms with Gasteiger partial charge >= 0.3 is 0 Å². The minimum Gasteiger partial charge on any atom is -0.457 e. The summed E-state index contributed by atoms with van der Waals surface area (Å²) in [5.74, 6) is 0.998. The Morgan fingerprint density at radius 1 is 1.05 bits per heavy atom. The molecule has 6 rings (SSSR count). The zero-order valence-corrected chi connectivity index (χ0v) is 23.3. The molecule has 38 heavy (non-hydrogen) atoms. The van der Waals surface area contributed by atoms with Gasteiger partial charge in [-0.15, -0.1) is 11.3 Å². The van der Waals surface area contributed by atoms with Crippen molar-refractivity contribution >= 4 is 56.3 Å². The van der Waals surface area contributed by atoms with Crippen molar-refractivity contribution in [2.45, 2.75) is 13.0 Å². The lowest BCUT2D eigenvalue weighted by molar-refractivity contribution is -0.113. The van der Waals surface area contributed by atoms with Crippen molar-refractivity contribution < 1.29 is 9.21 Å². The first-order chi connectivity index (χ1) is 18.5. The second kappa shape index (κ2) is 10.2. The van der Waals surface area contributed by atoms with Crippen LogP contribution in [0.2, 0.25) is 0 Å². The number of amides is 1. The molecule has 0 spiro atoms. The van der Waals surface area contributed by atoms with Gasteiger partial charge < -0.3 is 9.73 Å². The molecule has 0 saturated carbocycles. The van der Waals surface area contributed by atoms with E-state index in [-0.39, 0.29) is 11.5 Å². The molecule has 1 N–H and O–H groups in total. The van der Waals surface area contributed by atoms with Gasteiger partial charge in [0, 0.05) is 26.7 Å². The van der Waals surface area contributed by atoms with E-state index in [2.05, 4.69) is 26.2 Å². The maximum atomic E-state index is 13.8. The summed E-state index contributed by atoms with van der Waals surface area (Å²) in [6.45, 7) is 1.81. The minimum absolute atomic E-state index is 0.216. The van der Waals surface area contributed by atoms with Gasteiger partial charge in [-0.25, -0.2) is 4.99 Å². The second-order valence-corrected chi connectivity index (χ2v) is 11.5. The molecule has 0 bridgehead atoms. The first kappa shape index (κ1) is 24.5. The SMILES string of the molecule is CC1=C(C(=O)Nc2ccccc2)[C@H](c2cccs2)n2c(s/c(=C/c3ccc(-c4ccc(Br)cc4)o3)c2=O)=N1. The number of aromatic nitrogens is 1. The van der Waals surface area contributed by atoms with E-state index < -0.39 is 6.04 Å². The number of anilines is 1. The number of carbonyl (C=O) groups excluding carboxylic acids is 1. The summed E-state index contributed by atoms with van der Waals surface area (Å²) in [5.41, 5.74) is 2.44. The average Bonchev–Trinajstić information content (AvgIpc) is 3.66. The maximum Gasteiger partial charge on any atom is 0.271 e. The monoisotopic (exact) mass is 601 g/mol. The predicted octanol–water partition coefficient (Wildman–Crippen LogP) is 5.96. The Labute approximate surface area is 234 Å². The molecule has 1 amide bonds. The second-order valence-electron chi connectivity index (χ2n) is 8.63. The number of thiazole rings is 1. The number of benzene rings is 2. The molecule has 0 saturated heterocycles. The van der Waals surface area contributed by atoms with Crippen molar-refractivity contribution in [3.05, 3.63) is 130 Å². The molecule has 6 nitrogen and oxygen atoms in total. The molecule has 9 heteroatoms. The Morgan fingerprint density at radius 3 is 2.58 bits per heavy atom. The highest BCUT2D eigenvalue weighted by Gasteiger charge is 2.33. The molecule has 0 fully saturated rings. The molecule has 5 aromatic rings. The Kier molecular flexibility index (Phi) is 6.57. The molecule has 0 radical (unpaired) electrons. The third-order valence-electron chi connectivity index (χ3n) is 6.14. The third-order valence-corrected chi connectivity index (χ3v) is 8.58. The van der Waals surface area contributed by atoms with Gasteiger partial charge in [0.15, 0.2) is 4.80 Å². The van der Waals surface area contributed by atoms with E-state index in [1.54, 1.807) is 10.6 Å². The van der Waals surface area contributed by atoms with E-state index in [0.29, 0.717) is 37.8 Å². The molecule has 1 atom stereocenters. The fourth-order valence-electron chi connectivity index (χ4n) is 4.38. The van der Waals surface area contributed by atoms with Crippen LogP contribution in [0.25, 0.3) is 17.4 Å². The number of nitrogens with one attached hydrogen (secondary N) is 1. The number of rotatable bonds is 5. The lowest BCUT2D eigenvalue weighted by Crippen LogP contribution is -2.40. The van der Waals surface area contributed by atoms with Crippen molar-refractivity contribution in [3.8, 4) is 11.3 Å². The van der Waals surface area contributed by atoms with E-state index in [1.165, 1.54) is 22.7 Å². The highest BCUT2D eigenvalue weighted by atomic mass is 79.9. The zero-order valence-electron chi connectivity index (χ0n) is 20.1. The lowest BCUT2D eigenvalue weighted by atomic mass is 10.0. The first-order valence-electron chi connectivity index (χ1n) is 11.8. The summed E-state index contributed by atoms with van der Waals surface area (Å²) in [6, 6.07) is 24.1. The number of carbonyl (C=O) groups is 1. The van der Waals surface area contributed by atoms with Gasteiger partial charge in [-0.3, -0.25) is 14.2 Å². The summed E-state index contributed by atoms with van der Waals surface area (Å²) >= 11 is 6.24. The van der Waals surface area contributed by atoms with E-state index in [1.807, 2.05) is 91.2 Å². The normalized spacial score (nSPS) is 15.3. The van der Waals surface area contributed by atoms with Crippen molar-refractivity contribution in [1.29, 1.82) is 0 Å². The van der Waals surface area contributed by atoms with Crippen LogP contribution in [0.4, 0.5) is 5.69 Å². The summed E-state index contributed by atoms with van der Waals surface area (Å²) in [4.78, 5) is 33.4. The van der Waals surface area contributed by atoms with E-state index in [4.69, 9.17) is 4.42 Å². The smallest absolute Gasteiger partial charge is 0.271 e. The van der Waals surface area contributed by atoms with Crippen molar-refractivity contribution in [2.24, 2.45) is 4.99 Å². The van der Waals surface area contributed by atoms with E-state index in [0.717, 1.165) is 14.9 Å². The molecule has 1 aliphatic heterocycles. The fraction of sp³-hybridized carbons (Fsp3) is 0.0690. The topological polar surface area (TPSA) is 76.6 Å². The highest BCUT2D eigenvalue weighted by Crippen LogP contribution is 2.33. The van der Waals surface area contributed by atoms with Crippen LogP contribution in [0, 0.1) is 0 Å². The van der Waals surface area contributed by atoms with Crippen LogP contribution in [0.15, 0.2) is 114 Å². The Morgan fingerprint density at radius 2 is 1.84 bits per heavy atom. The molecule has 3 aromatic heterocycles. The van der Waals surface area contributed by atoms with Gasteiger partial charge in [-0.2, -0.15) is 0 Å². The number of hydrogen-bond acceptors (Lipinski definition) is 6. The molecule has 1 aliphatic rings. The minimum atomic E-state index is -0.577. The number of furan rings is 1. The number of halogens is 1. The Balaban J connectivity index is 1.42. The quantitative estimate of drug-likeness (QED) is 0.270. The van der Waals surface area contributed by atoms with E-state index in [9.17, 15) is 9.59 Å². The van der Waals surface area contributed by atoms with Gasteiger partial charge in [0.2, 0.25) is 0 Å². The first-order valence-corrected chi connectivity index (χ1v) is 14.2. The van der Waals surface area contributed by atoms with Crippen molar-refractivity contribution in [2.75, 3.05) is 5.32 Å². The zero-order chi connectivity index (χ0) is 26.2. The molecule has 0 aliphatic carbocycles. The van der Waals surface area contributed by atoms with Crippen molar-refractivity contribution in [1.82, 2.24) is 4.57 Å². The van der Waals surface area contributed by atoms with Crippen LogP contribution < -0.4 is 20.2 Å². The van der Waals surface area contributed by atoms with Gasteiger partial charge in [-0.1, -0.05) is 63.7 Å². The maximum absolute atomic E-state index is 13.8. The number of nitrogens with zero attached hydrogens (tertiary/aromatic N) is 2. The van der Waals surface area contributed by atoms with Gasteiger partial charge in [0.1, 0.15) is 17.6 Å². The summed E-state index contributed by atoms with van der Waals surface area (Å²) in [7, 11) is 0. The van der Waals surface area contributed by atoms with Gasteiger partial charge in [0.05, 0.1) is 15.8 Å². The van der Waals surface area contributed by atoms with Gasteiger partial charge in [0.25, 0.3) is 11.5 Å². The Hall–Kier alpha value is -3.79. The van der Waals surface area contributed by atoms with E-state index >= 15 is 0 Å². The molecule has 188 valence electrons. The molecule has 4 heterocycles. The standard InChI is InChI=1S/C29H20BrN3O3S2/c1-17-25(27(34)32-20-6-3-2-4-7-20)26(23-8-5-15-37-23)33-28(35)24(38-29(33)31-17)16-21-13-14-22(36-21)18-9-11-19(30)12-10-18/h2-16,26H,1H3,(H,32,34)/b24-16+/t26-/m0/s1. The number of fused-ring (bicyclic) bond motifs is 1. The summed E-state index contributed by atoms with van der Waals surface area (Å²) in [6.07, 6.45) is 1.74. The lowest BCUT2D eigenvalue weighted by Gasteiger charge is -2.24. The van der Waals surface area contributed by atoms with Crippen LogP contribution in [0.5, 0.6) is 0 Å². The molecule has 0 unspecified atom stereocenters. The predicted molar refractivity (Wildman–Crippen MR) is 155 cm³/mol. The number of allylic oxidation sites excluding steroid dienone is 1. The third kappa shape index (κ3) is 4.64. The van der Waals surface area contributed by atoms with Crippen LogP contribution in [0.1, 0.15) is 23.6 Å². The number of para-hydroxylation sites is 1. The van der Waals surface area contributed by atoms with Gasteiger partial charge in [-0.05, 0) is 54.8 Å². The molecular formula is C29H20BrN3O3S2. The van der Waals surface area contributed by atoms with Crippen LogP contribution >= 0.6 is 38.6 Å². The summed E-state index contributed by atoms with van der Waals surface area (Å²) in [5, 5.41) is 4.91. The number of thiophene rings is 1.